The summed E-state index contributed by atoms with van der Waals surface area (Å²) >= 11 is 0. The topological polar surface area (TPSA) is 30.5 Å². The van der Waals surface area contributed by atoms with Crippen LogP contribution in [0.1, 0.15) is 12.5 Å². The van der Waals surface area contributed by atoms with Gasteiger partial charge in [0.15, 0.2) is 32.8 Å². The molecule has 0 radical (unpaired) electrons. The first kappa shape index (κ1) is 17.6. The van der Waals surface area contributed by atoms with Crippen LogP contribution in [0.25, 0.3) is 0 Å². The zero-order valence-corrected chi connectivity index (χ0v) is 15.3. The smallest absolute Gasteiger partial charge is 0.197 e. The van der Waals surface area contributed by atoms with Crippen LogP contribution in [-0.2, 0) is 6.42 Å². The summed E-state index contributed by atoms with van der Waals surface area (Å²) in [7, 11) is 15.2. The van der Waals surface area contributed by atoms with Gasteiger partial charge in [-0.1, -0.05) is 11.4 Å². The first-order valence-corrected chi connectivity index (χ1v) is 8.18. The van der Waals surface area contributed by atoms with Gasteiger partial charge in [-0.2, -0.15) is 0 Å². The third kappa shape index (κ3) is 3.95. The van der Waals surface area contributed by atoms with E-state index in [1.54, 1.807) is 0 Å². The highest BCUT2D eigenvalue weighted by atomic mass is 16.7. The highest BCUT2D eigenvalue weighted by Crippen LogP contribution is 2.37. The van der Waals surface area contributed by atoms with Gasteiger partial charge in [0.1, 0.15) is 15.7 Å². The molecule has 1 aromatic carbocycles. The SMILES string of the molecule is BC1(B)Oc2ccc(C[C@@H](C)NC(B)(B)C(B)(B)B)cc2O1. The fraction of sp³-hybridized carbons (Fsp3) is 0.500. The molecule has 10 heteroatoms. The molecule has 0 saturated heterocycles. The van der Waals surface area contributed by atoms with E-state index in [0.29, 0.717) is 6.04 Å². The number of ether oxygens (including phenoxy) is 2. The summed E-state index contributed by atoms with van der Waals surface area (Å²) in [5, 5.41) is 4.04. The van der Waals surface area contributed by atoms with Crippen LogP contribution in [0.5, 0.6) is 11.5 Å². The maximum Gasteiger partial charge on any atom is 0.197 e. The van der Waals surface area contributed by atoms with Gasteiger partial charge in [-0.25, -0.2) is 0 Å². The fourth-order valence-electron chi connectivity index (χ4n) is 2.63. The van der Waals surface area contributed by atoms with E-state index in [4.69, 9.17) is 9.47 Å². The molecule has 1 heterocycles. The second kappa shape index (κ2) is 5.70. The Morgan fingerprint density at radius 3 is 2.27 bits per heavy atom. The first-order valence-electron chi connectivity index (χ1n) is 8.18. The Kier molecular flexibility index (Phi) is 4.56. The average molecular weight is 290 g/mol. The quantitative estimate of drug-likeness (QED) is 0.550. The molecule has 1 N–H and O–H groups in total. The molecular weight excluding hydrogens is 266 g/mol. The molecule has 1 aromatic rings. The summed E-state index contributed by atoms with van der Waals surface area (Å²) < 4.78 is 11.6. The van der Waals surface area contributed by atoms with Crippen molar-refractivity contribution in [3.05, 3.63) is 23.8 Å². The Labute approximate surface area is 140 Å². The van der Waals surface area contributed by atoms with E-state index in [2.05, 4.69) is 63.6 Å². The maximum atomic E-state index is 5.83. The van der Waals surface area contributed by atoms with Gasteiger partial charge in [-0.15, -0.1) is 5.11 Å². The lowest BCUT2D eigenvalue weighted by Gasteiger charge is -2.43. The molecule has 0 unspecified atom stereocenters. The van der Waals surface area contributed by atoms with Crippen LogP contribution >= 0.6 is 0 Å². The summed E-state index contributed by atoms with van der Waals surface area (Å²) in [6.07, 6.45) is 0.969. The van der Waals surface area contributed by atoms with E-state index in [1.165, 1.54) is 5.56 Å². The number of benzene rings is 1. The monoisotopic (exact) mass is 291 g/mol. The zero-order chi connectivity index (χ0) is 16.8. The van der Waals surface area contributed by atoms with Crippen LogP contribution in [0.3, 0.4) is 0 Å². The molecule has 110 valence electrons. The summed E-state index contributed by atoms with van der Waals surface area (Å²) in [6, 6.07) is 6.64. The Hall–Kier alpha value is -0.765. The average Bonchev–Trinajstić information content (AvgIpc) is 2.59. The normalized spacial score (nSPS) is 18.0. The van der Waals surface area contributed by atoms with Gasteiger partial charge in [-0.3, -0.25) is 0 Å². The van der Waals surface area contributed by atoms with Crippen molar-refractivity contribution in [2.75, 3.05) is 0 Å². The molecule has 22 heavy (non-hydrogen) atoms. The van der Waals surface area contributed by atoms with E-state index in [-0.39, 0.29) is 10.5 Å². The number of hydrogen-bond donors (Lipinski definition) is 1. The molecule has 1 aliphatic heterocycles. The summed E-state index contributed by atoms with van der Waals surface area (Å²) in [5.41, 5.74) is 0.712. The largest absolute Gasteiger partial charge is 0.467 e. The third-order valence-electron chi connectivity index (χ3n) is 4.74. The van der Waals surface area contributed by atoms with E-state index < -0.39 is 5.59 Å². The predicted molar refractivity (Wildman–Crippen MR) is 112 cm³/mol. The third-order valence-corrected chi connectivity index (χ3v) is 4.74. The molecule has 3 nitrogen and oxygen atoms in total. The van der Waals surface area contributed by atoms with E-state index in [0.717, 1.165) is 17.9 Å². The summed E-state index contributed by atoms with van der Waals surface area (Å²) in [4.78, 5) is 0. The molecule has 0 aromatic heterocycles. The van der Waals surface area contributed by atoms with Crippen LogP contribution in [0.15, 0.2) is 18.2 Å². The Bertz CT molecular complexity index is 559. The van der Waals surface area contributed by atoms with Crippen molar-refractivity contribution < 1.29 is 9.47 Å². The second-order valence-corrected chi connectivity index (χ2v) is 8.51. The second-order valence-electron chi connectivity index (χ2n) is 8.51. The van der Waals surface area contributed by atoms with Crippen molar-refractivity contribution in [2.45, 2.75) is 35.4 Å². The lowest BCUT2D eigenvalue weighted by molar-refractivity contribution is 0.0833. The lowest BCUT2D eigenvalue weighted by Crippen LogP contribution is -2.60. The summed E-state index contributed by atoms with van der Waals surface area (Å²) in [5.74, 6) is 1.69. The molecule has 1 atom stereocenters. The van der Waals surface area contributed by atoms with Gasteiger partial charge < -0.3 is 14.8 Å². The van der Waals surface area contributed by atoms with E-state index in [1.807, 2.05) is 21.8 Å². The molecule has 0 spiro atoms. The van der Waals surface area contributed by atoms with E-state index >= 15 is 0 Å². The minimum absolute atomic E-state index is 0.0742. The summed E-state index contributed by atoms with van der Waals surface area (Å²) in [6.45, 7) is 2.24. The predicted octanol–water partition coefficient (Wildman–Crippen LogP) is -5.25. The minimum atomic E-state index is -0.556. The molecule has 0 bridgehead atoms. The molecular formula is C12H24B7NO2. The van der Waals surface area contributed by atoms with Crippen molar-refractivity contribution in [1.82, 2.24) is 5.32 Å². The molecule has 2 rings (SSSR count). The van der Waals surface area contributed by atoms with Crippen LogP contribution in [-0.4, -0.2) is 71.9 Å². The highest BCUT2D eigenvalue weighted by molar-refractivity contribution is 6.67. The lowest BCUT2D eigenvalue weighted by atomic mass is 9.26. The van der Waals surface area contributed by atoms with E-state index in [9.17, 15) is 0 Å². The Morgan fingerprint density at radius 1 is 1.09 bits per heavy atom. The van der Waals surface area contributed by atoms with Crippen molar-refractivity contribution >= 4 is 54.9 Å². The van der Waals surface area contributed by atoms with Crippen LogP contribution in [0.2, 0.25) is 5.11 Å². The van der Waals surface area contributed by atoms with Crippen LogP contribution < -0.4 is 14.8 Å². The van der Waals surface area contributed by atoms with Crippen LogP contribution in [0.4, 0.5) is 0 Å². The number of rotatable bonds is 5. The van der Waals surface area contributed by atoms with Crippen molar-refractivity contribution in [2.24, 2.45) is 0 Å². The van der Waals surface area contributed by atoms with Gasteiger partial charge in [0, 0.05) is 6.04 Å². The number of hydrogen-bond acceptors (Lipinski definition) is 3. The van der Waals surface area contributed by atoms with Crippen LogP contribution in [0, 0.1) is 0 Å². The molecule has 0 saturated carbocycles. The van der Waals surface area contributed by atoms with Gasteiger partial charge >= 0.3 is 0 Å². The van der Waals surface area contributed by atoms with Crippen molar-refractivity contribution in [3.63, 3.8) is 0 Å². The zero-order valence-electron chi connectivity index (χ0n) is 15.3. The Morgan fingerprint density at radius 2 is 1.68 bits per heavy atom. The minimum Gasteiger partial charge on any atom is -0.467 e. The fourth-order valence-corrected chi connectivity index (χ4v) is 2.63. The highest BCUT2D eigenvalue weighted by Gasteiger charge is 2.33. The van der Waals surface area contributed by atoms with Crippen molar-refractivity contribution in [1.29, 1.82) is 0 Å². The van der Waals surface area contributed by atoms with Gasteiger partial charge in [0.05, 0.1) is 23.5 Å². The van der Waals surface area contributed by atoms with Gasteiger partial charge in [0.2, 0.25) is 0 Å². The van der Waals surface area contributed by atoms with Gasteiger partial charge in [-0.05, 0) is 31.0 Å². The number of nitrogens with one attached hydrogen (secondary N) is 1. The molecule has 1 aliphatic rings. The molecule has 0 fully saturated rings. The number of fused-ring (bicyclic) bond motifs is 1. The van der Waals surface area contributed by atoms with Gasteiger partial charge in [0.25, 0.3) is 0 Å². The molecule has 0 aliphatic carbocycles. The maximum absolute atomic E-state index is 5.83. The first-order chi connectivity index (χ1) is 9.90. The Balaban J connectivity index is 2.04. The molecule has 0 amide bonds. The van der Waals surface area contributed by atoms with Crippen molar-refractivity contribution in [3.8, 4) is 11.5 Å². The standard InChI is InChI=1S/C12H24B7NO2/c1-6(20-11(16,17)10(13,14)15)4-7-2-3-8-9(5-7)22-12(18,19)21-8/h2-3,5-6,20H,4,13-19H2,1H3/t6-/m1/s1.